The first-order chi connectivity index (χ1) is 20.5. The molecule has 3 rings (SSSR count). The number of carbonyl (C=O) groups excluding carboxylic acids is 3. The number of aromatic nitrogens is 1. The average Bonchev–Trinajstić information content (AvgIpc) is 3.38. The van der Waals surface area contributed by atoms with E-state index in [9.17, 15) is 29.4 Å². The lowest BCUT2D eigenvalue weighted by Crippen LogP contribution is -2.59. The molecule has 232 valence electrons. The molecule has 0 aliphatic heterocycles. The van der Waals surface area contributed by atoms with Gasteiger partial charge in [0.1, 0.15) is 23.9 Å². The number of aromatic amines is 1. The summed E-state index contributed by atoms with van der Waals surface area (Å²) in [6.07, 6.45) is 3.33. The predicted molar refractivity (Wildman–Crippen MR) is 163 cm³/mol. The van der Waals surface area contributed by atoms with E-state index in [1.807, 2.05) is 24.3 Å². The number of fused-ring (bicyclic) bond motifs is 1. The van der Waals surface area contributed by atoms with Gasteiger partial charge in [-0.2, -0.15) is 0 Å². The number of benzene rings is 2. The highest BCUT2D eigenvalue weighted by Gasteiger charge is 2.32. The van der Waals surface area contributed by atoms with Gasteiger partial charge in [0.05, 0.1) is 6.04 Å². The molecule has 3 aromatic rings. The highest BCUT2D eigenvalue weighted by atomic mass is 16.4. The van der Waals surface area contributed by atoms with Gasteiger partial charge in [0.2, 0.25) is 17.7 Å². The number of carbonyl (C=O) groups is 4. The molecule has 0 saturated carbocycles. The number of para-hydroxylation sites is 1. The molecule has 1 heterocycles. The molecule has 10 N–H and O–H groups in total. The number of hydrogen-bond donors (Lipinski definition) is 8. The number of aromatic hydroxyl groups is 1. The Morgan fingerprint density at radius 2 is 1.53 bits per heavy atom. The minimum Gasteiger partial charge on any atom is -0.508 e. The van der Waals surface area contributed by atoms with E-state index in [2.05, 4.69) is 20.9 Å². The van der Waals surface area contributed by atoms with E-state index >= 15 is 0 Å². The van der Waals surface area contributed by atoms with Crippen LogP contribution in [0.2, 0.25) is 0 Å². The minimum absolute atomic E-state index is 0.0792. The number of unbranched alkanes of at least 4 members (excludes halogenated alkanes) is 1. The fourth-order valence-corrected chi connectivity index (χ4v) is 4.79. The van der Waals surface area contributed by atoms with Crippen molar-refractivity contribution in [3.63, 3.8) is 0 Å². The summed E-state index contributed by atoms with van der Waals surface area (Å²) in [5.74, 6) is -3.26. The van der Waals surface area contributed by atoms with Gasteiger partial charge in [-0.05, 0) is 67.5 Å². The van der Waals surface area contributed by atoms with Crippen LogP contribution in [0.15, 0.2) is 54.7 Å². The van der Waals surface area contributed by atoms with Gasteiger partial charge in [0, 0.05) is 23.5 Å². The van der Waals surface area contributed by atoms with Crippen molar-refractivity contribution in [3.05, 3.63) is 65.9 Å². The fourth-order valence-electron chi connectivity index (χ4n) is 4.79. The zero-order valence-corrected chi connectivity index (χ0v) is 24.5. The number of phenolic OH excluding ortho intramolecular Hbond substituents is 1. The summed E-state index contributed by atoms with van der Waals surface area (Å²) in [7, 11) is 0. The zero-order chi connectivity index (χ0) is 31.5. The summed E-state index contributed by atoms with van der Waals surface area (Å²) in [6.45, 7) is 3.91. The number of rotatable bonds is 16. The predicted octanol–water partition coefficient (Wildman–Crippen LogP) is 1.31. The standard InChI is InChI=1S/C31H42N6O6/c1-18(2)27(37-28(39)23(33)15-19-10-12-21(38)13-11-19)30(41)36-26(16-20-17-34-24-8-4-3-7-22(20)24)29(40)35-25(31(42)43)9-5-6-14-32/h3-4,7-8,10-13,17-18,23,25-27,34,38H,5-6,9,14-16,32-33H2,1-2H3,(H,35,40)(H,36,41)(H,37,39)(H,42,43). The lowest BCUT2D eigenvalue weighted by Gasteiger charge is -2.27. The van der Waals surface area contributed by atoms with Crippen LogP contribution >= 0.6 is 0 Å². The van der Waals surface area contributed by atoms with Crippen molar-refractivity contribution in [2.75, 3.05) is 6.54 Å². The van der Waals surface area contributed by atoms with Crippen molar-refractivity contribution in [1.82, 2.24) is 20.9 Å². The maximum atomic E-state index is 13.6. The van der Waals surface area contributed by atoms with E-state index in [4.69, 9.17) is 11.5 Å². The second kappa shape index (κ2) is 15.7. The van der Waals surface area contributed by atoms with Crippen LogP contribution in [-0.2, 0) is 32.0 Å². The third kappa shape index (κ3) is 9.55. The van der Waals surface area contributed by atoms with Crippen LogP contribution in [0.4, 0.5) is 0 Å². The molecule has 0 spiro atoms. The Balaban J connectivity index is 1.78. The number of carboxylic acids is 1. The van der Waals surface area contributed by atoms with Crippen molar-refractivity contribution in [2.45, 2.75) is 70.1 Å². The number of hydrogen-bond acceptors (Lipinski definition) is 7. The molecule has 4 unspecified atom stereocenters. The van der Waals surface area contributed by atoms with Crippen molar-refractivity contribution in [2.24, 2.45) is 17.4 Å². The zero-order valence-electron chi connectivity index (χ0n) is 24.5. The molecular formula is C31H42N6O6. The van der Waals surface area contributed by atoms with Crippen LogP contribution in [0, 0.1) is 5.92 Å². The van der Waals surface area contributed by atoms with Crippen molar-refractivity contribution in [3.8, 4) is 5.75 Å². The van der Waals surface area contributed by atoms with Crippen molar-refractivity contribution in [1.29, 1.82) is 0 Å². The summed E-state index contributed by atoms with van der Waals surface area (Å²) in [5.41, 5.74) is 14.0. The van der Waals surface area contributed by atoms with E-state index in [1.165, 1.54) is 12.1 Å². The molecule has 4 atom stereocenters. The molecule has 0 radical (unpaired) electrons. The fraction of sp³-hybridized carbons (Fsp3) is 0.419. The van der Waals surface area contributed by atoms with E-state index in [1.54, 1.807) is 32.2 Å². The summed E-state index contributed by atoms with van der Waals surface area (Å²) in [4.78, 5) is 55.1. The summed E-state index contributed by atoms with van der Waals surface area (Å²) >= 11 is 0. The third-order valence-electron chi connectivity index (χ3n) is 7.27. The van der Waals surface area contributed by atoms with E-state index < -0.39 is 47.9 Å². The Morgan fingerprint density at radius 3 is 2.19 bits per heavy atom. The van der Waals surface area contributed by atoms with Gasteiger partial charge >= 0.3 is 5.97 Å². The molecule has 12 heteroatoms. The summed E-state index contributed by atoms with van der Waals surface area (Å²) in [5, 5.41) is 28.1. The molecule has 43 heavy (non-hydrogen) atoms. The number of H-pyrrole nitrogens is 1. The number of nitrogens with one attached hydrogen (secondary N) is 4. The molecule has 0 fully saturated rings. The Morgan fingerprint density at radius 1 is 0.860 bits per heavy atom. The number of aliphatic carboxylic acids is 1. The van der Waals surface area contributed by atoms with Gasteiger partial charge in [0.25, 0.3) is 0 Å². The first-order valence-corrected chi connectivity index (χ1v) is 14.4. The third-order valence-corrected chi connectivity index (χ3v) is 7.27. The lowest BCUT2D eigenvalue weighted by atomic mass is 9.99. The second-order valence-electron chi connectivity index (χ2n) is 11.0. The summed E-state index contributed by atoms with van der Waals surface area (Å²) in [6, 6.07) is 9.54. The van der Waals surface area contributed by atoms with Crippen LogP contribution in [0.3, 0.4) is 0 Å². The average molecular weight is 595 g/mol. The number of amides is 3. The largest absolute Gasteiger partial charge is 0.508 e. The van der Waals surface area contributed by atoms with Gasteiger partial charge in [-0.25, -0.2) is 4.79 Å². The molecule has 0 aliphatic rings. The maximum absolute atomic E-state index is 13.6. The number of carboxylic acid groups (broad SMARTS) is 1. The van der Waals surface area contributed by atoms with Gasteiger partial charge in [-0.3, -0.25) is 14.4 Å². The monoisotopic (exact) mass is 594 g/mol. The molecular weight excluding hydrogens is 552 g/mol. The molecule has 12 nitrogen and oxygen atoms in total. The molecule has 0 aliphatic carbocycles. The molecule has 0 saturated heterocycles. The molecule has 0 bridgehead atoms. The SMILES string of the molecule is CC(C)C(NC(=O)C(N)Cc1ccc(O)cc1)C(=O)NC(Cc1c[nH]c2ccccc12)C(=O)NC(CCCCN)C(=O)O. The second-order valence-corrected chi connectivity index (χ2v) is 11.0. The quantitative estimate of drug-likeness (QED) is 0.113. The first kappa shape index (κ1) is 33.1. The Hall–Kier alpha value is -4.42. The number of phenols is 1. The van der Waals surface area contributed by atoms with Crippen LogP contribution in [0.25, 0.3) is 10.9 Å². The van der Waals surface area contributed by atoms with Gasteiger partial charge in [-0.1, -0.05) is 44.2 Å². The van der Waals surface area contributed by atoms with Gasteiger partial charge in [0.15, 0.2) is 0 Å². The van der Waals surface area contributed by atoms with Crippen molar-refractivity contribution < 1.29 is 29.4 Å². The van der Waals surface area contributed by atoms with Crippen LogP contribution in [0.1, 0.15) is 44.2 Å². The minimum atomic E-state index is -1.18. The molecule has 3 amide bonds. The van der Waals surface area contributed by atoms with Gasteiger partial charge < -0.3 is 42.6 Å². The van der Waals surface area contributed by atoms with Crippen LogP contribution < -0.4 is 27.4 Å². The Kier molecular flexibility index (Phi) is 12.1. The Bertz CT molecular complexity index is 1390. The highest BCUT2D eigenvalue weighted by Crippen LogP contribution is 2.20. The van der Waals surface area contributed by atoms with Crippen LogP contribution in [-0.4, -0.2) is 69.6 Å². The van der Waals surface area contributed by atoms with E-state index in [0.717, 1.165) is 22.0 Å². The van der Waals surface area contributed by atoms with Crippen LogP contribution in [0.5, 0.6) is 5.75 Å². The molecule has 1 aromatic heterocycles. The Labute approximate surface area is 250 Å². The number of nitrogens with two attached hydrogens (primary N) is 2. The maximum Gasteiger partial charge on any atom is 0.326 e. The van der Waals surface area contributed by atoms with Gasteiger partial charge in [-0.15, -0.1) is 0 Å². The lowest BCUT2D eigenvalue weighted by molar-refractivity contribution is -0.142. The normalized spacial score (nSPS) is 14.1. The summed E-state index contributed by atoms with van der Waals surface area (Å²) < 4.78 is 0. The molecule has 2 aromatic carbocycles. The highest BCUT2D eigenvalue weighted by molar-refractivity contribution is 5.95. The van der Waals surface area contributed by atoms with Crippen molar-refractivity contribution >= 4 is 34.6 Å². The first-order valence-electron chi connectivity index (χ1n) is 14.4. The van der Waals surface area contributed by atoms with E-state index in [0.29, 0.717) is 19.4 Å². The smallest absolute Gasteiger partial charge is 0.326 e. The topological polar surface area (TPSA) is 213 Å². The van der Waals surface area contributed by atoms with E-state index in [-0.39, 0.29) is 30.9 Å².